The molecule has 0 saturated heterocycles. The second kappa shape index (κ2) is 6.37. The lowest BCUT2D eigenvalue weighted by molar-refractivity contribution is 0.1000. The van der Waals surface area contributed by atoms with E-state index in [4.69, 9.17) is 0 Å². The molecule has 0 fully saturated rings. The summed E-state index contributed by atoms with van der Waals surface area (Å²) in [6, 6.07) is 12.6. The van der Waals surface area contributed by atoms with Crippen molar-refractivity contribution in [2.75, 3.05) is 6.54 Å². The van der Waals surface area contributed by atoms with Crippen molar-refractivity contribution >= 4 is 21.9 Å². The molecular formula is C19H19NO4S. The zero-order valence-electron chi connectivity index (χ0n) is 14.0. The van der Waals surface area contributed by atoms with Gasteiger partial charge in [-0.1, -0.05) is 38.1 Å². The molecule has 0 saturated carbocycles. The van der Waals surface area contributed by atoms with E-state index in [1.165, 1.54) is 34.6 Å². The van der Waals surface area contributed by atoms with Crippen LogP contribution >= 0.6 is 0 Å². The number of Topliss-reactive ketones (excluding diaryl/α,β-unsaturated/α-hetero) is 1. The maximum Gasteiger partial charge on any atom is 0.265 e. The number of carbonyl (C=O) groups is 1. The summed E-state index contributed by atoms with van der Waals surface area (Å²) in [6.45, 7) is 3.99. The number of phenols is 1. The van der Waals surface area contributed by atoms with Crippen LogP contribution in [0.5, 0.6) is 5.75 Å². The molecule has 2 aromatic carbocycles. The highest BCUT2D eigenvalue weighted by atomic mass is 32.2. The van der Waals surface area contributed by atoms with Gasteiger partial charge in [-0.15, -0.1) is 0 Å². The first kappa shape index (κ1) is 17.2. The molecule has 0 unspecified atom stereocenters. The van der Waals surface area contributed by atoms with Crippen molar-refractivity contribution in [2.45, 2.75) is 18.7 Å². The number of ketones is 1. The van der Waals surface area contributed by atoms with Crippen LogP contribution in [-0.2, 0) is 10.0 Å². The van der Waals surface area contributed by atoms with Gasteiger partial charge < -0.3 is 5.11 Å². The highest BCUT2D eigenvalue weighted by Gasteiger charge is 2.39. The van der Waals surface area contributed by atoms with E-state index in [-0.39, 0.29) is 40.2 Å². The minimum Gasteiger partial charge on any atom is -0.508 e. The first-order valence-electron chi connectivity index (χ1n) is 7.98. The molecule has 6 heteroatoms. The molecule has 0 amide bonds. The Kier molecular flexibility index (Phi) is 4.39. The number of sulfonamides is 1. The van der Waals surface area contributed by atoms with E-state index >= 15 is 0 Å². The van der Waals surface area contributed by atoms with Crippen molar-refractivity contribution in [1.29, 1.82) is 0 Å². The van der Waals surface area contributed by atoms with Crippen molar-refractivity contribution in [2.24, 2.45) is 5.92 Å². The highest BCUT2D eigenvalue weighted by Crippen LogP contribution is 2.33. The molecular weight excluding hydrogens is 338 g/mol. The number of phenolic OH excluding ortho intramolecular Hbond substituents is 1. The second-order valence-corrected chi connectivity index (χ2v) is 8.21. The minimum atomic E-state index is -3.81. The van der Waals surface area contributed by atoms with E-state index in [2.05, 4.69) is 0 Å². The molecule has 0 aliphatic carbocycles. The molecule has 0 bridgehead atoms. The summed E-state index contributed by atoms with van der Waals surface area (Å²) >= 11 is 0. The maximum atomic E-state index is 13.0. The smallest absolute Gasteiger partial charge is 0.265 e. The van der Waals surface area contributed by atoms with Gasteiger partial charge in [-0.05, 0) is 41.8 Å². The number of benzene rings is 2. The molecule has 1 aliphatic heterocycles. The molecule has 5 nitrogen and oxygen atoms in total. The van der Waals surface area contributed by atoms with E-state index in [9.17, 15) is 18.3 Å². The summed E-state index contributed by atoms with van der Waals surface area (Å²) in [6.07, 6.45) is 1.51. The van der Waals surface area contributed by atoms with Gasteiger partial charge in [-0.25, -0.2) is 8.42 Å². The Bertz CT molecular complexity index is 961. The second-order valence-electron chi connectivity index (χ2n) is 6.38. The largest absolute Gasteiger partial charge is 0.508 e. The number of carbonyl (C=O) groups excluding carboxylic acids is 1. The lowest BCUT2D eigenvalue weighted by atomic mass is 10.0. The fourth-order valence-corrected chi connectivity index (χ4v) is 4.63. The van der Waals surface area contributed by atoms with Crippen molar-refractivity contribution < 1.29 is 18.3 Å². The third kappa shape index (κ3) is 3.17. The van der Waals surface area contributed by atoms with Gasteiger partial charge in [0.25, 0.3) is 10.0 Å². The summed E-state index contributed by atoms with van der Waals surface area (Å²) in [5.74, 6) is -0.244. The fourth-order valence-electron chi connectivity index (χ4n) is 2.82. The first-order valence-corrected chi connectivity index (χ1v) is 9.42. The molecule has 0 aromatic heterocycles. The van der Waals surface area contributed by atoms with Crippen molar-refractivity contribution in [3.05, 3.63) is 65.4 Å². The monoisotopic (exact) mass is 357 g/mol. The van der Waals surface area contributed by atoms with Crippen LogP contribution in [0.4, 0.5) is 0 Å². The van der Waals surface area contributed by atoms with Gasteiger partial charge >= 0.3 is 0 Å². The van der Waals surface area contributed by atoms with Gasteiger partial charge in [0.15, 0.2) is 0 Å². The molecule has 1 N–H and O–H groups in total. The van der Waals surface area contributed by atoms with E-state index in [0.717, 1.165) is 0 Å². The Morgan fingerprint density at radius 2 is 1.84 bits per heavy atom. The molecule has 1 aliphatic rings. The zero-order valence-corrected chi connectivity index (χ0v) is 14.8. The third-order valence-corrected chi connectivity index (χ3v) is 5.74. The molecule has 25 heavy (non-hydrogen) atoms. The SMILES string of the molecule is CC(C)CN1/C(=C\c2cccc(O)c2)C(=O)c2ccccc2S1(=O)=O. The van der Waals surface area contributed by atoms with Gasteiger partial charge in [0.2, 0.25) is 5.78 Å². The van der Waals surface area contributed by atoms with E-state index in [1.807, 2.05) is 13.8 Å². The maximum absolute atomic E-state index is 13.0. The van der Waals surface area contributed by atoms with Crippen LogP contribution in [0.1, 0.15) is 29.8 Å². The first-order chi connectivity index (χ1) is 11.8. The predicted octanol–water partition coefficient (Wildman–Crippen LogP) is 3.28. The normalized spacial score (nSPS) is 17.8. The number of hydrogen-bond acceptors (Lipinski definition) is 4. The Balaban J connectivity index is 2.23. The van der Waals surface area contributed by atoms with E-state index < -0.39 is 10.0 Å². The van der Waals surface area contributed by atoms with E-state index in [1.54, 1.807) is 24.3 Å². The van der Waals surface area contributed by atoms with Gasteiger partial charge in [0.05, 0.1) is 4.90 Å². The number of nitrogens with zero attached hydrogens (tertiary/aromatic N) is 1. The van der Waals surface area contributed by atoms with Gasteiger partial charge in [-0.2, -0.15) is 0 Å². The third-order valence-electron chi connectivity index (χ3n) is 3.91. The molecule has 1 heterocycles. The van der Waals surface area contributed by atoms with Gasteiger partial charge in [0.1, 0.15) is 11.4 Å². The minimum absolute atomic E-state index is 0.0358. The Hall–Kier alpha value is -2.60. The van der Waals surface area contributed by atoms with Gasteiger partial charge in [-0.3, -0.25) is 9.10 Å². The van der Waals surface area contributed by atoms with Crippen LogP contribution in [-0.4, -0.2) is 30.2 Å². The summed E-state index contributed by atoms with van der Waals surface area (Å²) in [4.78, 5) is 13.0. The quantitative estimate of drug-likeness (QED) is 0.856. The standard InChI is InChI=1S/C19H19NO4S/c1-13(2)12-20-17(11-14-6-5-7-15(21)10-14)19(22)16-8-3-4-9-18(16)25(20,23)24/h3-11,13,21H,12H2,1-2H3/b17-11-. The lowest BCUT2D eigenvalue weighted by Crippen LogP contribution is -2.40. The predicted molar refractivity (Wildman–Crippen MR) is 95.6 cm³/mol. The Labute approximate surface area is 147 Å². The summed E-state index contributed by atoms with van der Waals surface area (Å²) in [5.41, 5.74) is 0.832. The molecule has 0 radical (unpaired) electrons. The fraction of sp³-hybridized carbons (Fsp3) is 0.211. The Morgan fingerprint density at radius 1 is 1.12 bits per heavy atom. The van der Waals surface area contributed by atoms with Gasteiger partial charge in [0, 0.05) is 12.1 Å². The van der Waals surface area contributed by atoms with Crippen molar-refractivity contribution in [3.8, 4) is 5.75 Å². The number of rotatable bonds is 3. The number of aromatic hydroxyl groups is 1. The molecule has 0 atom stereocenters. The van der Waals surface area contributed by atoms with Crippen molar-refractivity contribution in [3.63, 3.8) is 0 Å². The summed E-state index contributed by atoms with van der Waals surface area (Å²) < 4.78 is 27.2. The number of hydrogen-bond donors (Lipinski definition) is 1. The van der Waals surface area contributed by atoms with Crippen LogP contribution in [0.3, 0.4) is 0 Å². The van der Waals surface area contributed by atoms with Crippen LogP contribution in [0.25, 0.3) is 6.08 Å². The number of fused-ring (bicyclic) bond motifs is 1. The van der Waals surface area contributed by atoms with Crippen molar-refractivity contribution in [1.82, 2.24) is 4.31 Å². The molecule has 2 aromatic rings. The zero-order chi connectivity index (χ0) is 18.2. The topological polar surface area (TPSA) is 74.7 Å². The Morgan fingerprint density at radius 3 is 2.52 bits per heavy atom. The average Bonchev–Trinajstić information content (AvgIpc) is 2.56. The average molecular weight is 357 g/mol. The van der Waals surface area contributed by atoms with Crippen LogP contribution in [0, 0.1) is 5.92 Å². The van der Waals surface area contributed by atoms with Crippen LogP contribution in [0.2, 0.25) is 0 Å². The molecule has 130 valence electrons. The molecule has 0 spiro atoms. The lowest BCUT2D eigenvalue weighted by Gasteiger charge is -2.32. The summed E-state index contributed by atoms with van der Waals surface area (Å²) in [5, 5.41) is 9.63. The highest BCUT2D eigenvalue weighted by molar-refractivity contribution is 7.89. The molecule has 3 rings (SSSR count). The summed E-state index contributed by atoms with van der Waals surface area (Å²) in [7, 11) is -3.81. The van der Waals surface area contributed by atoms with Crippen LogP contribution < -0.4 is 0 Å². The van der Waals surface area contributed by atoms with E-state index in [0.29, 0.717) is 5.56 Å². The number of allylic oxidation sites excluding steroid dienone is 1. The van der Waals surface area contributed by atoms with Crippen LogP contribution in [0.15, 0.2) is 59.1 Å².